The summed E-state index contributed by atoms with van der Waals surface area (Å²) in [6.45, 7) is 4.21. The largest absolute Gasteiger partial charge is 0.394 e. The molecule has 0 aliphatic rings. The molecule has 0 heterocycles. The highest BCUT2D eigenvalue weighted by atomic mass is 16.3. The predicted molar refractivity (Wildman–Crippen MR) is 70.4 cm³/mol. The third-order valence-corrected chi connectivity index (χ3v) is 1.72. The highest BCUT2D eigenvalue weighted by molar-refractivity contribution is 4.99. The summed E-state index contributed by atoms with van der Waals surface area (Å²) in [4.78, 5) is 0. The van der Waals surface area contributed by atoms with Crippen LogP contribution in [0.15, 0.2) is 36.4 Å². The topological polar surface area (TPSA) is 40.5 Å². The summed E-state index contributed by atoms with van der Waals surface area (Å²) in [5.74, 6) is 0. The molecule has 1 aromatic rings. The standard InChI is InChI=1S/C6H6.C6H14.C2H6O2/c1-2-4-6-5-3-1;1-3-5-6-4-2;3-1-2-4/h1-6H;3-6H2,1-2H3;3-4H,1-2H2. The SMILES string of the molecule is CCCCCC.OCCO.c1ccccc1. The van der Waals surface area contributed by atoms with Gasteiger partial charge in [-0.15, -0.1) is 0 Å². The van der Waals surface area contributed by atoms with Crippen LogP contribution in [0.2, 0.25) is 0 Å². The minimum absolute atomic E-state index is 0.125. The zero-order chi connectivity index (χ0) is 12.5. The Kier molecular flexibility index (Phi) is 21.6. The molecule has 0 aliphatic heterocycles. The fourth-order valence-corrected chi connectivity index (χ4v) is 0.885. The number of benzene rings is 1. The van der Waals surface area contributed by atoms with Crippen LogP contribution in [-0.4, -0.2) is 23.4 Å². The van der Waals surface area contributed by atoms with Gasteiger partial charge >= 0.3 is 0 Å². The molecule has 0 spiro atoms. The summed E-state index contributed by atoms with van der Waals surface area (Å²) >= 11 is 0. The van der Waals surface area contributed by atoms with E-state index in [-0.39, 0.29) is 13.2 Å². The molecule has 0 radical (unpaired) electrons. The molecule has 94 valence electrons. The number of unbranched alkanes of at least 4 members (excludes halogenated alkanes) is 3. The maximum atomic E-state index is 7.62. The molecule has 1 rings (SSSR count). The van der Waals surface area contributed by atoms with Gasteiger partial charge in [-0.1, -0.05) is 75.9 Å². The van der Waals surface area contributed by atoms with Crippen molar-refractivity contribution < 1.29 is 10.2 Å². The molecule has 2 N–H and O–H groups in total. The zero-order valence-corrected chi connectivity index (χ0v) is 10.6. The van der Waals surface area contributed by atoms with Crippen molar-refractivity contribution >= 4 is 0 Å². The van der Waals surface area contributed by atoms with Crippen LogP contribution >= 0.6 is 0 Å². The monoisotopic (exact) mass is 226 g/mol. The van der Waals surface area contributed by atoms with Crippen molar-refractivity contribution in [1.82, 2.24) is 0 Å². The van der Waals surface area contributed by atoms with Gasteiger partial charge in [0.25, 0.3) is 0 Å². The number of aliphatic hydroxyl groups excluding tert-OH is 2. The van der Waals surface area contributed by atoms with Gasteiger partial charge in [-0.25, -0.2) is 0 Å². The Morgan fingerprint density at radius 3 is 1.00 bits per heavy atom. The summed E-state index contributed by atoms with van der Waals surface area (Å²) in [7, 11) is 0. The summed E-state index contributed by atoms with van der Waals surface area (Å²) < 4.78 is 0. The molecule has 0 unspecified atom stereocenters. The first-order valence-electron chi connectivity index (χ1n) is 6.05. The normalized spacial score (nSPS) is 8.25. The van der Waals surface area contributed by atoms with E-state index in [0.29, 0.717) is 0 Å². The van der Waals surface area contributed by atoms with Crippen LogP contribution in [0, 0.1) is 0 Å². The molecule has 2 heteroatoms. The fraction of sp³-hybridized carbons (Fsp3) is 0.571. The molecule has 1 aromatic carbocycles. The van der Waals surface area contributed by atoms with Gasteiger partial charge in [0.1, 0.15) is 0 Å². The second kappa shape index (κ2) is 19.7. The van der Waals surface area contributed by atoms with Crippen LogP contribution in [-0.2, 0) is 0 Å². The second-order valence-corrected chi connectivity index (χ2v) is 3.31. The molecule has 0 aliphatic carbocycles. The van der Waals surface area contributed by atoms with Crippen LogP contribution in [0.25, 0.3) is 0 Å². The van der Waals surface area contributed by atoms with Crippen molar-refractivity contribution in [3.8, 4) is 0 Å². The van der Waals surface area contributed by atoms with E-state index in [9.17, 15) is 0 Å². The quantitative estimate of drug-likeness (QED) is 0.774. The second-order valence-electron chi connectivity index (χ2n) is 3.31. The third kappa shape index (κ3) is 23.2. The van der Waals surface area contributed by atoms with Crippen LogP contribution in [0.3, 0.4) is 0 Å². The van der Waals surface area contributed by atoms with Crippen LogP contribution in [0.1, 0.15) is 39.5 Å². The minimum Gasteiger partial charge on any atom is -0.394 e. The van der Waals surface area contributed by atoms with Crippen LogP contribution in [0.4, 0.5) is 0 Å². The molecular formula is C14H26O2. The minimum atomic E-state index is -0.125. The van der Waals surface area contributed by atoms with Gasteiger partial charge in [0.15, 0.2) is 0 Å². The lowest BCUT2D eigenvalue weighted by molar-refractivity contribution is 0.186. The van der Waals surface area contributed by atoms with E-state index in [1.165, 1.54) is 25.7 Å². The molecule has 0 fully saturated rings. The molecular weight excluding hydrogens is 200 g/mol. The summed E-state index contributed by atoms with van der Waals surface area (Å²) in [6.07, 6.45) is 5.54. The van der Waals surface area contributed by atoms with Crippen molar-refractivity contribution in [3.05, 3.63) is 36.4 Å². The van der Waals surface area contributed by atoms with E-state index in [2.05, 4.69) is 13.8 Å². The van der Waals surface area contributed by atoms with E-state index >= 15 is 0 Å². The van der Waals surface area contributed by atoms with E-state index in [1.807, 2.05) is 36.4 Å². The first-order valence-corrected chi connectivity index (χ1v) is 6.05. The van der Waals surface area contributed by atoms with Crippen molar-refractivity contribution in [3.63, 3.8) is 0 Å². The van der Waals surface area contributed by atoms with E-state index in [4.69, 9.17) is 10.2 Å². The lowest BCUT2D eigenvalue weighted by Crippen LogP contribution is -1.85. The highest BCUT2D eigenvalue weighted by Crippen LogP contribution is 1.95. The molecule has 0 amide bonds. The maximum Gasteiger partial charge on any atom is 0.0662 e. The summed E-state index contributed by atoms with van der Waals surface area (Å²) in [5.41, 5.74) is 0. The van der Waals surface area contributed by atoms with Crippen LogP contribution in [0.5, 0.6) is 0 Å². The van der Waals surface area contributed by atoms with Gasteiger partial charge in [-0.05, 0) is 0 Å². The summed E-state index contributed by atoms with van der Waals surface area (Å²) in [5, 5.41) is 15.2. The Labute approximate surface area is 100.0 Å². The first kappa shape index (κ1) is 17.5. The number of hydrogen-bond donors (Lipinski definition) is 2. The summed E-state index contributed by atoms with van der Waals surface area (Å²) in [6, 6.07) is 12.0. The van der Waals surface area contributed by atoms with E-state index in [0.717, 1.165) is 0 Å². The highest BCUT2D eigenvalue weighted by Gasteiger charge is 1.75. The van der Waals surface area contributed by atoms with Crippen molar-refractivity contribution in [2.24, 2.45) is 0 Å². The van der Waals surface area contributed by atoms with Gasteiger partial charge in [-0.2, -0.15) is 0 Å². The maximum absolute atomic E-state index is 7.62. The average Bonchev–Trinajstić information content (AvgIpc) is 2.39. The Hall–Kier alpha value is -0.860. The predicted octanol–water partition coefficient (Wildman–Crippen LogP) is 3.24. The van der Waals surface area contributed by atoms with Gasteiger partial charge in [0, 0.05) is 0 Å². The number of hydrogen-bond acceptors (Lipinski definition) is 2. The van der Waals surface area contributed by atoms with Gasteiger partial charge in [0.05, 0.1) is 13.2 Å². The van der Waals surface area contributed by atoms with E-state index < -0.39 is 0 Å². The Morgan fingerprint density at radius 2 is 0.875 bits per heavy atom. The Morgan fingerprint density at radius 1 is 0.625 bits per heavy atom. The number of rotatable bonds is 4. The number of aliphatic hydroxyl groups is 2. The van der Waals surface area contributed by atoms with E-state index in [1.54, 1.807) is 0 Å². The Balaban J connectivity index is 0. The average molecular weight is 226 g/mol. The van der Waals surface area contributed by atoms with Crippen molar-refractivity contribution in [2.45, 2.75) is 39.5 Å². The first-order chi connectivity index (χ1) is 7.83. The third-order valence-electron chi connectivity index (χ3n) is 1.72. The molecule has 0 saturated carbocycles. The molecule has 2 nitrogen and oxygen atoms in total. The van der Waals surface area contributed by atoms with Crippen molar-refractivity contribution in [1.29, 1.82) is 0 Å². The molecule has 0 bridgehead atoms. The molecule has 0 saturated heterocycles. The van der Waals surface area contributed by atoms with Gasteiger partial charge in [-0.3, -0.25) is 0 Å². The Bertz CT molecular complexity index is 143. The molecule has 0 atom stereocenters. The smallest absolute Gasteiger partial charge is 0.0662 e. The molecule has 16 heavy (non-hydrogen) atoms. The fourth-order valence-electron chi connectivity index (χ4n) is 0.885. The van der Waals surface area contributed by atoms with Gasteiger partial charge in [0.2, 0.25) is 0 Å². The zero-order valence-electron chi connectivity index (χ0n) is 10.6. The lowest BCUT2D eigenvalue weighted by Gasteiger charge is -1.86. The lowest BCUT2D eigenvalue weighted by atomic mass is 10.2. The molecule has 0 aromatic heterocycles. The van der Waals surface area contributed by atoms with Crippen molar-refractivity contribution in [2.75, 3.05) is 13.2 Å². The van der Waals surface area contributed by atoms with Crippen LogP contribution < -0.4 is 0 Å². The van der Waals surface area contributed by atoms with Gasteiger partial charge < -0.3 is 10.2 Å².